The molecule has 0 aliphatic carbocycles. The van der Waals surface area contributed by atoms with Crippen LogP contribution in [-0.4, -0.2) is 45.4 Å². The molecule has 0 radical (unpaired) electrons. The molecule has 0 aromatic heterocycles. The van der Waals surface area contributed by atoms with E-state index in [-0.39, 0.29) is 12.1 Å². The van der Waals surface area contributed by atoms with Crippen LogP contribution in [0.15, 0.2) is 0 Å². The summed E-state index contributed by atoms with van der Waals surface area (Å²) in [7, 11) is 1.60. The summed E-state index contributed by atoms with van der Waals surface area (Å²) < 4.78 is 5.21. The Balaban J connectivity index is 2.09. The Bertz CT molecular complexity index is 146. The van der Waals surface area contributed by atoms with Crippen molar-refractivity contribution in [2.75, 3.05) is 33.4 Å². The van der Waals surface area contributed by atoms with Crippen molar-refractivity contribution in [1.29, 1.82) is 0 Å². The number of ether oxygens (including phenoxy) is 1. The molecule has 0 aromatic carbocycles. The molecule has 1 atom stereocenters. The predicted octanol–water partition coefficient (Wildman–Crippen LogP) is -1.10. The van der Waals surface area contributed by atoms with E-state index in [1.54, 1.807) is 7.05 Å². The van der Waals surface area contributed by atoms with Crippen LogP contribution in [0.25, 0.3) is 0 Å². The number of rotatable bonds is 2. The lowest BCUT2D eigenvalue weighted by Gasteiger charge is -2.23. The first-order chi connectivity index (χ1) is 5.83. The zero-order valence-electron chi connectivity index (χ0n) is 7.22. The third-order valence-electron chi connectivity index (χ3n) is 1.73. The molecule has 1 unspecified atom stereocenters. The van der Waals surface area contributed by atoms with Gasteiger partial charge in [-0.25, -0.2) is 4.79 Å². The van der Waals surface area contributed by atoms with Crippen LogP contribution in [0.4, 0.5) is 4.79 Å². The van der Waals surface area contributed by atoms with E-state index in [4.69, 9.17) is 4.74 Å². The number of carbonyl (C=O) groups is 1. The molecule has 12 heavy (non-hydrogen) atoms. The van der Waals surface area contributed by atoms with Crippen molar-refractivity contribution < 1.29 is 9.53 Å². The van der Waals surface area contributed by atoms with Crippen molar-refractivity contribution in [3.63, 3.8) is 0 Å². The molecule has 1 fully saturated rings. The molecular weight excluding hydrogens is 158 g/mol. The first-order valence-corrected chi connectivity index (χ1v) is 4.09. The van der Waals surface area contributed by atoms with Gasteiger partial charge in [-0.3, -0.25) is 0 Å². The quantitative estimate of drug-likeness (QED) is 0.497. The molecule has 1 aliphatic heterocycles. The van der Waals surface area contributed by atoms with Crippen molar-refractivity contribution >= 4 is 6.03 Å². The molecule has 0 aromatic rings. The second-order valence-electron chi connectivity index (χ2n) is 2.69. The monoisotopic (exact) mass is 173 g/mol. The second kappa shape index (κ2) is 4.95. The zero-order chi connectivity index (χ0) is 8.81. The molecule has 0 saturated carbocycles. The van der Waals surface area contributed by atoms with E-state index in [1.165, 1.54) is 0 Å². The van der Waals surface area contributed by atoms with Gasteiger partial charge in [0, 0.05) is 26.2 Å². The summed E-state index contributed by atoms with van der Waals surface area (Å²) in [5.41, 5.74) is 0. The van der Waals surface area contributed by atoms with Gasteiger partial charge in [-0.1, -0.05) is 0 Å². The highest BCUT2D eigenvalue weighted by Gasteiger charge is 2.12. The average Bonchev–Trinajstić information content (AvgIpc) is 2.16. The molecular formula is C7H15N3O2. The second-order valence-corrected chi connectivity index (χ2v) is 2.69. The van der Waals surface area contributed by atoms with Gasteiger partial charge in [-0.15, -0.1) is 0 Å². The summed E-state index contributed by atoms with van der Waals surface area (Å²) >= 11 is 0. The lowest BCUT2D eigenvalue weighted by atomic mass is 10.3. The molecule has 0 bridgehead atoms. The Morgan fingerprint density at radius 1 is 1.75 bits per heavy atom. The topological polar surface area (TPSA) is 62.4 Å². The molecule has 5 nitrogen and oxygen atoms in total. The summed E-state index contributed by atoms with van der Waals surface area (Å²) in [5.74, 6) is 0. The van der Waals surface area contributed by atoms with Gasteiger partial charge in [0.2, 0.25) is 0 Å². The van der Waals surface area contributed by atoms with Gasteiger partial charge in [0.25, 0.3) is 0 Å². The van der Waals surface area contributed by atoms with Gasteiger partial charge in [0.05, 0.1) is 13.2 Å². The SMILES string of the molecule is CNC(=O)NCC1COCCN1. The van der Waals surface area contributed by atoms with Crippen LogP contribution in [0, 0.1) is 0 Å². The molecule has 1 rings (SSSR count). The van der Waals surface area contributed by atoms with Crippen LogP contribution >= 0.6 is 0 Å². The van der Waals surface area contributed by atoms with Gasteiger partial charge in [-0.05, 0) is 0 Å². The molecule has 5 heteroatoms. The molecule has 2 amide bonds. The summed E-state index contributed by atoms with van der Waals surface area (Å²) in [4.78, 5) is 10.8. The highest BCUT2D eigenvalue weighted by molar-refractivity contribution is 5.73. The highest BCUT2D eigenvalue weighted by Crippen LogP contribution is 1.90. The summed E-state index contributed by atoms with van der Waals surface area (Å²) in [5, 5.41) is 8.43. The van der Waals surface area contributed by atoms with Gasteiger partial charge >= 0.3 is 6.03 Å². The van der Waals surface area contributed by atoms with E-state index >= 15 is 0 Å². The van der Waals surface area contributed by atoms with Crippen LogP contribution in [0.3, 0.4) is 0 Å². The van der Waals surface area contributed by atoms with E-state index in [0.717, 1.165) is 13.2 Å². The summed E-state index contributed by atoms with van der Waals surface area (Å²) in [6.07, 6.45) is 0. The number of hydrogen-bond donors (Lipinski definition) is 3. The Kier molecular flexibility index (Phi) is 3.83. The van der Waals surface area contributed by atoms with Crippen LogP contribution < -0.4 is 16.0 Å². The van der Waals surface area contributed by atoms with Crippen LogP contribution in [0.1, 0.15) is 0 Å². The lowest BCUT2D eigenvalue weighted by Crippen LogP contribution is -2.49. The van der Waals surface area contributed by atoms with E-state index in [0.29, 0.717) is 13.2 Å². The maximum absolute atomic E-state index is 10.8. The van der Waals surface area contributed by atoms with Crippen molar-refractivity contribution in [3.05, 3.63) is 0 Å². The minimum atomic E-state index is -0.151. The molecule has 1 saturated heterocycles. The molecule has 3 N–H and O–H groups in total. The number of carbonyl (C=O) groups excluding carboxylic acids is 1. The Labute approximate surface area is 71.8 Å². The van der Waals surface area contributed by atoms with Crippen molar-refractivity contribution in [2.24, 2.45) is 0 Å². The van der Waals surface area contributed by atoms with Gasteiger partial charge in [0.1, 0.15) is 0 Å². The Hall–Kier alpha value is -0.810. The highest BCUT2D eigenvalue weighted by atomic mass is 16.5. The van der Waals surface area contributed by atoms with E-state index in [9.17, 15) is 4.79 Å². The Morgan fingerprint density at radius 2 is 2.58 bits per heavy atom. The van der Waals surface area contributed by atoms with Crippen LogP contribution in [0.2, 0.25) is 0 Å². The van der Waals surface area contributed by atoms with E-state index < -0.39 is 0 Å². The minimum absolute atomic E-state index is 0.151. The number of hydrogen-bond acceptors (Lipinski definition) is 3. The lowest BCUT2D eigenvalue weighted by molar-refractivity contribution is 0.0774. The third-order valence-corrected chi connectivity index (χ3v) is 1.73. The number of morpholine rings is 1. The van der Waals surface area contributed by atoms with Crippen molar-refractivity contribution in [2.45, 2.75) is 6.04 Å². The normalized spacial score (nSPS) is 23.2. The van der Waals surface area contributed by atoms with E-state index in [2.05, 4.69) is 16.0 Å². The van der Waals surface area contributed by atoms with Gasteiger partial charge in [-0.2, -0.15) is 0 Å². The van der Waals surface area contributed by atoms with Crippen LogP contribution in [-0.2, 0) is 4.74 Å². The zero-order valence-corrected chi connectivity index (χ0v) is 7.22. The minimum Gasteiger partial charge on any atom is -0.378 e. The summed E-state index contributed by atoms with van der Waals surface area (Å²) in [6, 6.07) is 0.0958. The van der Waals surface area contributed by atoms with E-state index in [1.807, 2.05) is 0 Å². The van der Waals surface area contributed by atoms with Crippen molar-refractivity contribution in [3.8, 4) is 0 Å². The molecule has 1 heterocycles. The smallest absolute Gasteiger partial charge is 0.314 e. The first kappa shape index (κ1) is 9.28. The first-order valence-electron chi connectivity index (χ1n) is 4.09. The third kappa shape index (κ3) is 3.06. The fourth-order valence-electron chi connectivity index (χ4n) is 1.06. The summed E-state index contributed by atoms with van der Waals surface area (Å²) in [6.45, 7) is 2.90. The number of urea groups is 1. The predicted molar refractivity (Wildman–Crippen MR) is 45.1 cm³/mol. The standard InChI is InChI=1S/C7H15N3O2/c1-8-7(11)10-4-6-5-12-3-2-9-6/h6,9H,2-5H2,1H3,(H2,8,10,11). The average molecular weight is 173 g/mol. The number of nitrogens with one attached hydrogen (secondary N) is 3. The maximum Gasteiger partial charge on any atom is 0.314 e. The largest absolute Gasteiger partial charge is 0.378 e. The Morgan fingerprint density at radius 3 is 3.17 bits per heavy atom. The van der Waals surface area contributed by atoms with Crippen LogP contribution in [0.5, 0.6) is 0 Å². The van der Waals surface area contributed by atoms with Crippen molar-refractivity contribution in [1.82, 2.24) is 16.0 Å². The molecule has 0 spiro atoms. The number of amides is 2. The molecule has 1 aliphatic rings. The molecule has 70 valence electrons. The van der Waals surface area contributed by atoms with Gasteiger partial charge < -0.3 is 20.7 Å². The fraction of sp³-hybridized carbons (Fsp3) is 0.857. The maximum atomic E-state index is 10.8. The fourth-order valence-corrected chi connectivity index (χ4v) is 1.06. The van der Waals surface area contributed by atoms with Gasteiger partial charge in [0.15, 0.2) is 0 Å².